The van der Waals surface area contributed by atoms with Crippen molar-refractivity contribution in [2.24, 2.45) is 0 Å². The Morgan fingerprint density at radius 1 is 0.967 bits per heavy atom. The Balaban J connectivity index is 1.65. The van der Waals surface area contributed by atoms with Gasteiger partial charge in [0.05, 0.1) is 15.9 Å². The number of hydrogen-bond donors (Lipinski definition) is 1. The number of amides is 1. The Kier molecular flexibility index (Phi) is 5.40. The monoisotopic (exact) mass is 425 g/mol. The lowest BCUT2D eigenvalue weighted by atomic mass is 10.2. The molecule has 0 spiro atoms. The minimum Gasteiger partial charge on any atom is -0.354 e. The maximum Gasteiger partial charge on any atom is 0.256 e. The van der Waals surface area contributed by atoms with Crippen LogP contribution in [0.2, 0.25) is 0 Å². The van der Waals surface area contributed by atoms with Crippen molar-refractivity contribution in [3.8, 4) is 0 Å². The van der Waals surface area contributed by atoms with Crippen LogP contribution in [0.4, 0.5) is 11.6 Å². The number of aromatic nitrogens is 2. The summed E-state index contributed by atoms with van der Waals surface area (Å²) < 4.78 is 25.6. The van der Waals surface area contributed by atoms with Crippen molar-refractivity contribution in [3.05, 3.63) is 54.1 Å². The summed E-state index contributed by atoms with van der Waals surface area (Å²) in [6.07, 6.45) is 2.15. The van der Waals surface area contributed by atoms with Crippen molar-refractivity contribution >= 4 is 38.6 Å². The normalized spacial score (nSPS) is 14.4. The summed E-state index contributed by atoms with van der Waals surface area (Å²) in [4.78, 5) is 24.5. The van der Waals surface area contributed by atoms with Crippen LogP contribution in [0, 0.1) is 0 Å². The molecule has 3 aromatic rings. The molecule has 2 heterocycles. The van der Waals surface area contributed by atoms with Crippen LogP contribution < -0.4 is 10.2 Å². The third-order valence-corrected chi connectivity index (χ3v) is 6.91. The third-order valence-electron chi connectivity index (χ3n) is 5.08. The number of fused-ring (bicyclic) bond motifs is 1. The van der Waals surface area contributed by atoms with Gasteiger partial charge >= 0.3 is 0 Å². The first-order valence-electron chi connectivity index (χ1n) is 9.72. The van der Waals surface area contributed by atoms with Gasteiger partial charge < -0.3 is 10.2 Å². The fourth-order valence-electron chi connectivity index (χ4n) is 3.39. The summed E-state index contributed by atoms with van der Waals surface area (Å²) in [6, 6.07) is 13.4. The van der Waals surface area contributed by atoms with E-state index in [1.807, 2.05) is 24.3 Å². The molecule has 8 nitrogen and oxygen atoms in total. The van der Waals surface area contributed by atoms with E-state index < -0.39 is 10.0 Å². The van der Waals surface area contributed by atoms with Crippen molar-refractivity contribution in [3.63, 3.8) is 0 Å². The van der Waals surface area contributed by atoms with Gasteiger partial charge in [0.15, 0.2) is 11.6 Å². The van der Waals surface area contributed by atoms with Gasteiger partial charge in [-0.3, -0.25) is 4.79 Å². The van der Waals surface area contributed by atoms with Crippen molar-refractivity contribution in [1.82, 2.24) is 14.3 Å². The van der Waals surface area contributed by atoms with Crippen LogP contribution in [0.25, 0.3) is 11.0 Å². The number of nitrogens with one attached hydrogen (secondary N) is 1. The molecule has 4 rings (SSSR count). The third kappa shape index (κ3) is 3.86. The van der Waals surface area contributed by atoms with Gasteiger partial charge in [0.25, 0.3) is 5.91 Å². The van der Waals surface area contributed by atoms with E-state index in [1.165, 1.54) is 38.4 Å². The maximum atomic E-state index is 12.9. The second kappa shape index (κ2) is 8.00. The van der Waals surface area contributed by atoms with Gasteiger partial charge in [0.2, 0.25) is 10.0 Å². The van der Waals surface area contributed by atoms with Crippen molar-refractivity contribution in [2.45, 2.75) is 17.7 Å². The Bertz CT molecular complexity index is 1190. The van der Waals surface area contributed by atoms with E-state index in [-0.39, 0.29) is 10.8 Å². The highest BCUT2D eigenvalue weighted by Crippen LogP contribution is 2.28. The predicted octanol–water partition coefficient (Wildman–Crippen LogP) is 2.73. The van der Waals surface area contributed by atoms with Crippen LogP contribution in [-0.4, -0.2) is 55.8 Å². The van der Waals surface area contributed by atoms with Crippen molar-refractivity contribution in [2.75, 3.05) is 37.4 Å². The lowest BCUT2D eigenvalue weighted by Crippen LogP contribution is -2.24. The predicted molar refractivity (Wildman–Crippen MR) is 116 cm³/mol. The van der Waals surface area contributed by atoms with Crippen LogP contribution in [0.1, 0.15) is 23.2 Å². The zero-order chi connectivity index (χ0) is 21.3. The SMILES string of the molecule is CN(C)S(=O)(=O)c1ccc(C(=O)Nc2nc3ccccc3nc2N2CCCC2)cc1. The number of rotatable bonds is 5. The Hall–Kier alpha value is -3.04. The molecule has 2 aromatic carbocycles. The Morgan fingerprint density at radius 3 is 2.17 bits per heavy atom. The second-order valence-corrected chi connectivity index (χ2v) is 9.50. The Morgan fingerprint density at radius 2 is 1.57 bits per heavy atom. The van der Waals surface area contributed by atoms with Crippen LogP contribution in [-0.2, 0) is 10.0 Å². The van der Waals surface area contributed by atoms with Gasteiger partial charge in [0.1, 0.15) is 0 Å². The average molecular weight is 426 g/mol. The summed E-state index contributed by atoms with van der Waals surface area (Å²) in [5.41, 5.74) is 1.81. The number of carbonyl (C=O) groups excluding carboxylic acids is 1. The number of hydrogen-bond acceptors (Lipinski definition) is 6. The molecule has 1 aliphatic rings. The molecule has 0 bridgehead atoms. The zero-order valence-electron chi connectivity index (χ0n) is 16.9. The van der Waals surface area contributed by atoms with Crippen LogP contribution >= 0.6 is 0 Å². The second-order valence-electron chi connectivity index (χ2n) is 7.34. The number of carbonyl (C=O) groups is 1. The van der Waals surface area contributed by atoms with E-state index in [0.29, 0.717) is 22.7 Å². The van der Waals surface area contributed by atoms with Crippen molar-refractivity contribution < 1.29 is 13.2 Å². The standard InChI is InChI=1S/C21H23N5O3S/c1-25(2)30(28,29)16-11-9-15(10-12-16)21(27)24-19-20(26-13-5-6-14-26)23-18-8-4-3-7-17(18)22-19/h3-4,7-12H,5-6,13-14H2,1-2H3,(H,22,24,27). The first-order valence-corrected chi connectivity index (χ1v) is 11.2. The lowest BCUT2D eigenvalue weighted by Gasteiger charge is -2.20. The highest BCUT2D eigenvalue weighted by Gasteiger charge is 2.22. The van der Waals surface area contributed by atoms with Gasteiger partial charge in [-0.2, -0.15) is 0 Å². The molecule has 0 aliphatic carbocycles. The average Bonchev–Trinajstić information content (AvgIpc) is 3.28. The molecule has 1 N–H and O–H groups in total. The molecular formula is C21H23N5O3S. The molecule has 0 saturated carbocycles. The Labute approximate surface area is 175 Å². The molecule has 156 valence electrons. The lowest BCUT2D eigenvalue weighted by molar-refractivity contribution is 0.102. The van der Waals surface area contributed by atoms with Crippen LogP contribution in [0.5, 0.6) is 0 Å². The van der Waals surface area contributed by atoms with E-state index in [1.54, 1.807) is 0 Å². The number of benzene rings is 2. The quantitative estimate of drug-likeness (QED) is 0.675. The highest BCUT2D eigenvalue weighted by molar-refractivity contribution is 7.89. The van der Waals surface area contributed by atoms with Gasteiger partial charge in [-0.1, -0.05) is 12.1 Å². The van der Waals surface area contributed by atoms with E-state index in [0.717, 1.165) is 35.8 Å². The molecule has 0 atom stereocenters. The van der Waals surface area contributed by atoms with E-state index in [9.17, 15) is 13.2 Å². The van der Waals surface area contributed by atoms with E-state index in [4.69, 9.17) is 4.98 Å². The summed E-state index contributed by atoms with van der Waals surface area (Å²) in [5.74, 6) is 0.700. The van der Waals surface area contributed by atoms with E-state index >= 15 is 0 Å². The summed E-state index contributed by atoms with van der Waals surface area (Å²) in [6.45, 7) is 1.74. The van der Waals surface area contributed by atoms with Gasteiger partial charge in [-0.05, 0) is 49.2 Å². The maximum absolute atomic E-state index is 12.9. The number of anilines is 2. The number of nitrogens with zero attached hydrogens (tertiary/aromatic N) is 4. The molecule has 1 aliphatic heterocycles. The fourth-order valence-corrected chi connectivity index (χ4v) is 4.29. The topological polar surface area (TPSA) is 95.5 Å². The molecule has 30 heavy (non-hydrogen) atoms. The van der Waals surface area contributed by atoms with Gasteiger partial charge in [-0.15, -0.1) is 0 Å². The smallest absolute Gasteiger partial charge is 0.256 e. The molecule has 1 aromatic heterocycles. The van der Waals surface area contributed by atoms with Crippen LogP contribution in [0.15, 0.2) is 53.4 Å². The molecule has 1 amide bonds. The first kappa shape index (κ1) is 20.2. The van der Waals surface area contributed by atoms with E-state index in [2.05, 4.69) is 15.2 Å². The molecule has 0 unspecified atom stereocenters. The highest BCUT2D eigenvalue weighted by atomic mass is 32.2. The first-order chi connectivity index (χ1) is 14.4. The van der Waals surface area contributed by atoms with Gasteiger partial charge in [0, 0.05) is 32.7 Å². The molecule has 1 saturated heterocycles. The number of para-hydroxylation sites is 2. The molecule has 1 fully saturated rings. The summed E-state index contributed by atoms with van der Waals surface area (Å²) in [7, 11) is -0.615. The largest absolute Gasteiger partial charge is 0.354 e. The van der Waals surface area contributed by atoms with Gasteiger partial charge in [-0.25, -0.2) is 22.7 Å². The minimum absolute atomic E-state index is 0.132. The summed E-state index contributed by atoms with van der Waals surface area (Å²) >= 11 is 0. The fraction of sp³-hybridized carbons (Fsp3) is 0.286. The molecule has 0 radical (unpaired) electrons. The summed E-state index contributed by atoms with van der Waals surface area (Å²) in [5, 5.41) is 2.86. The number of sulfonamides is 1. The molecular weight excluding hydrogens is 402 g/mol. The van der Waals surface area contributed by atoms with Crippen LogP contribution in [0.3, 0.4) is 0 Å². The molecule has 9 heteroatoms. The minimum atomic E-state index is -3.55. The van der Waals surface area contributed by atoms with Crippen molar-refractivity contribution in [1.29, 1.82) is 0 Å². The zero-order valence-corrected chi connectivity index (χ0v) is 17.7.